The van der Waals surface area contributed by atoms with Crippen LogP contribution in [0.2, 0.25) is 0 Å². The van der Waals surface area contributed by atoms with E-state index in [4.69, 9.17) is 19.8 Å². The molecule has 0 bridgehead atoms. The number of ether oxygens (including phenoxy) is 1. The predicted octanol–water partition coefficient (Wildman–Crippen LogP) is 3.26. The van der Waals surface area contributed by atoms with E-state index in [2.05, 4.69) is 40.2 Å². The monoisotopic (exact) mass is 515 g/mol. The van der Waals surface area contributed by atoms with Gasteiger partial charge in [-0.15, -0.1) is 0 Å². The van der Waals surface area contributed by atoms with Crippen LogP contribution >= 0.6 is 0 Å². The lowest BCUT2D eigenvalue weighted by atomic mass is 9.85. The number of nitrogens with zero attached hydrogens (tertiary/aromatic N) is 6. The van der Waals surface area contributed by atoms with Gasteiger partial charge >= 0.3 is 0 Å². The highest BCUT2D eigenvalue weighted by Gasteiger charge is 2.40. The zero-order chi connectivity index (χ0) is 25.9. The lowest BCUT2D eigenvalue weighted by Gasteiger charge is -2.41. The highest BCUT2D eigenvalue weighted by atomic mass is 16.5. The topological polar surface area (TPSA) is 88.4 Å². The van der Waals surface area contributed by atoms with Gasteiger partial charge < -0.3 is 15.0 Å². The first-order valence-corrected chi connectivity index (χ1v) is 14.2. The Morgan fingerprint density at radius 3 is 2.42 bits per heavy atom. The summed E-state index contributed by atoms with van der Waals surface area (Å²) in [5.41, 5.74) is 3.88. The number of nitrogens with one attached hydrogen (secondary N) is 1. The fraction of sp³-hybridized carbons (Fsp3) is 0.586. The van der Waals surface area contributed by atoms with Crippen molar-refractivity contribution >= 4 is 22.6 Å². The van der Waals surface area contributed by atoms with Gasteiger partial charge in [0.2, 0.25) is 5.91 Å². The van der Waals surface area contributed by atoms with E-state index in [1.54, 1.807) is 0 Å². The van der Waals surface area contributed by atoms with Gasteiger partial charge in [-0.25, -0.2) is 14.6 Å². The van der Waals surface area contributed by atoms with Crippen LogP contribution in [0.1, 0.15) is 61.4 Å². The zero-order valence-electron chi connectivity index (χ0n) is 22.4. The first-order valence-electron chi connectivity index (χ1n) is 14.2. The number of hydrogen-bond acceptors (Lipinski definition) is 7. The van der Waals surface area contributed by atoms with Gasteiger partial charge in [0.25, 0.3) is 0 Å². The minimum Gasteiger partial charge on any atom is -0.378 e. The highest BCUT2D eigenvalue weighted by Crippen LogP contribution is 2.36. The standard InChI is InChI=1S/C29H37N7O2/c1-19-13-22-16-30-36(25(22)14-24(19)21-4-9-34(10-5-21)23-17-38-18-23)27-15-26(31-20(2)32-27)35-11-7-29(8-12-35)6-3-28(37)33-29/h13-16,21,23H,3-12,17-18H2,1-2H3,(H,33,37). The SMILES string of the molecule is Cc1nc(N2CCC3(CCC(=O)N3)CC2)cc(-n2ncc3cc(C)c(C4CCN(C5COC5)CC4)cc32)n1. The summed E-state index contributed by atoms with van der Waals surface area (Å²) in [5.74, 6) is 3.26. The van der Waals surface area contributed by atoms with Crippen LogP contribution < -0.4 is 10.2 Å². The van der Waals surface area contributed by atoms with E-state index in [9.17, 15) is 4.79 Å². The number of rotatable bonds is 4. The van der Waals surface area contributed by atoms with Gasteiger partial charge in [0, 0.05) is 36.5 Å². The number of aryl methyl sites for hydroxylation is 2. The molecule has 3 aromatic rings. The normalized spacial score (nSPS) is 22.8. The van der Waals surface area contributed by atoms with Gasteiger partial charge in [0.1, 0.15) is 11.6 Å². The molecule has 9 nitrogen and oxygen atoms in total. The van der Waals surface area contributed by atoms with Crippen molar-refractivity contribution in [2.75, 3.05) is 44.3 Å². The zero-order valence-corrected chi connectivity index (χ0v) is 22.4. The Morgan fingerprint density at radius 2 is 1.74 bits per heavy atom. The van der Waals surface area contributed by atoms with Crippen LogP contribution in [-0.4, -0.2) is 81.5 Å². The Labute approximate surface area is 223 Å². The number of piperidine rings is 2. The van der Waals surface area contributed by atoms with Crippen LogP contribution in [0, 0.1) is 13.8 Å². The van der Waals surface area contributed by atoms with Crippen LogP contribution in [0.3, 0.4) is 0 Å². The molecule has 0 aliphatic carbocycles. The molecule has 4 saturated heterocycles. The molecule has 4 aliphatic rings. The van der Waals surface area contributed by atoms with Crippen LogP contribution in [-0.2, 0) is 9.53 Å². The number of carbonyl (C=O) groups is 1. The molecule has 4 fully saturated rings. The Balaban J connectivity index is 1.14. The molecule has 4 aliphatic heterocycles. The molecule has 1 amide bonds. The molecule has 38 heavy (non-hydrogen) atoms. The van der Waals surface area contributed by atoms with Gasteiger partial charge in [-0.2, -0.15) is 5.10 Å². The van der Waals surface area contributed by atoms with Gasteiger partial charge in [-0.3, -0.25) is 9.69 Å². The van der Waals surface area contributed by atoms with Gasteiger partial charge in [0.15, 0.2) is 5.82 Å². The number of aromatic nitrogens is 4. The first-order chi connectivity index (χ1) is 18.5. The lowest BCUT2D eigenvalue weighted by Crippen LogP contribution is -2.51. The van der Waals surface area contributed by atoms with E-state index in [1.165, 1.54) is 24.0 Å². The highest BCUT2D eigenvalue weighted by molar-refractivity contribution is 5.82. The van der Waals surface area contributed by atoms with E-state index in [1.807, 2.05) is 17.8 Å². The predicted molar refractivity (Wildman–Crippen MR) is 146 cm³/mol. The summed E-state index contributed by atoms with van der Waals surface area (Å²) in [4.78, 5) is 26.4. The third-order valence-electron chi connectivity index (χ3n) is 9.37. The summed E-state index contributed by atoms with van der Waals surface area (Å²) >= 11 is 0. The van der Waals surface area contributed by atoms with Gasteiger partial charge in [-0.05, 0) is 88.2 Å². The van der Waals surface area contributed by atoms with Crippen molar-refractivity contribution in [1.82, 2.24) is 30.0 Å². The number of carbonyl (C=O) groups excluding carboxylic acids is 1. The Hall–Kier alpha value is -3.04. The van der Waals surface area contributed by atoms with Crippen LogP contribution in [0.25, 0.3) is 16.7 Å². The lowest BCUT2D eigenvalue weighted by molar-refractivity contribution is -0.119. The van der Waals surface area contributed by atoms with Crippen molar-refractivity contribution in [2.24, 2.45) is 0 Å². The average Bonchev–Trinajstić information content (AvgIpc) is 3.46. The molecule has 0 saturated carbocycles. The molecule has 6 heterocycles. The van der Waals surface area contributed by atoms with E-state index in [0.717, 1.165) is 87.0 Å². The van der Waals surface area contributed by atoms with Crippen molar-refractivity contribution in [2.45, 2.75) is 69.9 Å². The van der Waals surface area contributed by atoms with E-state index >= 15 is 0 Å². The summed E-state index contributed by atoms with van der Waals surface area (Å²) in [7, 11) is 0. The maximum absolute atomic E-state index is 11.8. The van der Waals surface area contributed by atoms with E-state index in [-0.39, 0.29) is 11.4 Å². The van der Waals surface area contributed by atoms with Crippen LogP contribution in [0.5, 0.6) is 0 Å². The summed E-state index contributed by atoms with van der Waals surface area (Å²) in [6.07, 6.45) is 7.83. The summed E-state index contributed by atoms with van der Waals surface area (Å²) in [6, 6.07) is 7.34. The average molecular weight is 516 g/mol. The third kappa shape index (κ3) is 4.25. The Kier molecular flexibility index (Phi) is 5.89. The summed E-state index contributed by atoms with van der Waals surface area (Å²) in [5, 5.41) is 9.16. The fourth-order valence-corrected chi connectivity index (χ4v) is 6.96. The number of amides is 1. The van der Waals surface area contributed by atoms with Crippen LogP contribution in [0.4, 0.5) is 5.82 Å². The molecular formula is C29H37N7O2. The minimum absolute atomic E-state index is 0.0211. The Morgan fingerprint density at radius 1 is 0.974 bits per heavy atom. The number of benzene rings is 1. The van der Waals surface area contributed by atoms with Gasteiger partial charge in [-0.1, -0.05) is 0 Å². The maximum Gasteiger partial charge on any atom is 0.220 e. The molecule has 9 heteroatoms. The maximum atomic E-state index is 11.8. The first kappa shape index (κ1) is 24.0. The largest absolute Gasteiger partial charge is 0.378 e. The van der Waals surface area contributed by atoms with Crippen LogP contribution in [0.15, 0.2) is 24.4 Å². The second-order valence-corrected chi connectivity index (χ2v) is 11.8. The second kappa shape index (κ2) is 9.31. The van der Waals surface area contributed by atoms with Crippen molar-refractivity contribution < 1.29 is 9.53 Å². The quantitative estimate of drug-likeness (QED) is 0.571. The van der Waals surface area contributed by atoms with Gasteiger partial charge in [0.05, 0.1) is 31.0 Å². The van der Waals surface area contributed by atoms with Crippen molar-refractivity contribution in [3.05, 3.63) is 41.3 Å². The molecule has 7 rings (SSSR count). The molecule has 1 N–H and O–H groups in total. The number of anilines is 1. The number of hydrogen-bond donors (Lipinski definition) is 1. The molecule has 1 spiro atoms. The molecular weight excluding hydrogens is 478 g/mol. The molecule has 0 atom stereocenters. The third-order valence-corrected chi connectivity index (χ3v) is 9.37. The smallest absolute Gasteiger partial charge is 0.220 e. The number of likely N-dealkylation sites (tertiary alicyclic amines) is 1. The van der Waals surface area contributed by atoms with Crippen molar-refractivity contribution in [3.8, 4) is 5.82 Å². The van der Waals surface area contributed by atoms with Crippen molar-refractivity contribution in [3.63, 3.8) is 0 Å². The molecule has 0 unspecified atom stereocenters. The molecule has 1 aromatic carbocycles. The number of fused-ring (bicyclic) bond motifs is 1. The minimum atomic E-state index is -0.0211. The van der Waals surface area contributed by atoms with E-state index in [0.29, 0.717) is 18.4 Å². The Bertz CT molecular complexity index is 1360. The fourth-order valence-electron chi connectivity index (χ4n) is 6.96. The summed E-state index contributed by atoms with van der Waals surface area (Å²) in [6.45, 7) is 10.0. The second-order valence-electron chi connectivity index (χ2n) is 11.8. The van der Waals surface area contributed by atoms with Crippen molar-refractivity contribution in [1.29, 1.82) is 0 Å². The van der Waals surface area contributed by atoms with E-state index < -0.39 is 0 Å². The summed E-state index contributed by atoms with van der Waals surface area (Å²) < 4.78 is 7.40. The molecule has 200 valence electrons. The molecule has 0 radical (unpaired) electrons. The molecule has 2 aromatic heterocycles.